The van der Waals surface area contributed by atoms with Gasteiger partial charge in [0.1, 0.15) is 6.61 Å². The molecule has 0 aliphatic rings. The lowest BCUT2D eigenvalue weighted by atomic mass is 10.1. The Hall–Kier alpha value is -2.03. The molecule has 0 amide bonds. The largest absolute Gasteiger partial charge is 0.472 e. The van der Waals surface area contributed by atoms with Crippen molar-refractivity contribution in [3.05, 3.63) is 48.6 Å². The molecule has 0 spiro atoms. The van der Waals surface area contributed by atoms with E-state index in [0.717, 1.165) is 70.6 Å². The summed E-state index contributed by atoms with van der Waals surface area (Å²) >= 11 is 0. The number of hydrogen-bond donors (Lipinski definition) is 2. The lowest BCUT2D eigenvalue weighted by Gasteiger charge is -2.19. The fourth-order valence-electron chi connectivity index (χ4n) is 4.44. The summed E-state index contributed by atoms with van der Waals surface area (Å²) < 4.78 is 32.5. The zero-order valence-corrected chi connectivity index (χ0v) is 30.4. The maximum Gasteiger partial charge on any atom is 0.472 e. The highest BCUT2D eigenvalue weighted by atomic mass is 31.2. The van der Waals surface area contributed by atoms with Gasteiger partial charge in [-0.25, -0.2) is 4.57 Å². The summed E-state index contributed by atoms with van der Waals surface area (Å²) in [7, 11) is -4.38. The molecule has 0 aromatic heterocycles. The van der Waals surface area contributed by atoms with Gasteiger partial charge < -0.3 is 20.1 Å². The highest BCUT2D eigenvalue weighted by Gasteiger charge is 2.25. The van der Waals surface area contributed by atoms with Gasteiger partial charge in [-0.15, -0.1) is 0 Å². The van der Waals surface area contributed by atoms with Crippen LogP contribution in [0.5, 0.6) is 0 Å². The first-order chi connectivity index (χ1) is 22.8. The van der Waals surface area contributed by atoms with Crippen molar-refractivity contribution < 1.29 is 37.6 Å². The van der Waals surface area contributed by atoms with E-state index in [1.165, 1.54) is 32.1 Å². The number of ether oxygens (including phenoxy) is 2. The predicted molar refractivity (Wildman–Crippen MR) is 192 cm³/mol. The number of esters is 2. The minimum atomic E-state index is -4.38. The minimum absolute atomic E-state index is 0.0444. The van der Waals surface area contributed by atoms with E-state index in [-0.39, 0.29) is 32.6 Å². The van der Waals surface area contributed by atoms with Gasteiger partial charge in [-0.1, -0.05) is 107 Å². The third-order valence-corrected chi connectivity index (χ3v) is 8.17. The molecule has 2 unspecified atom stereocenters. The summed E-state index contributed by atoms with van der Waals surface area (Å²) in [6.07, 6.45) is 35.7. The van der Waals surface area contributed by atoms with Gasteiger partial charge in [0.05, 0.1) is 13.2 Å². The standard InChI is InChI=1S/C37H66NO8P/c1-3-5-7-9-11-13-15-16-17-18-20-22-24-26-28-30-37(40)46-35(34-45-47(41,42)44-32-31-38)33-43-36(39)29-27-25-23-21-19-14-12-10-8-6-4-2/h10-13,16-17,20,22,35H,3-9,14-15,18-19,21,23-34,38H2,1-2H3,(H,41,42). The molecule has 0 rings (SSSR count). The van der Waals surface area contributed by atoms with Crippen molar-refractivity contribution in [1.82, 2.24) is 0 Å². The number of phosphoric ester groups is 1. The molecule has 0 bridgehead atoms. The predicted octanol–water partition coefficient (Wildman–Crippen LogP) is 9.60. The monoisotopic (exact) mass is 683 g/mol. The number of phosphoric acid groups is 1. The van der Waals surface area contributed by atoms with E-state index in [1.807, 2.05) is 0 Å². The summed E-state index contributed by atoms with van der Waals surface area (Å²) in [4.78, 5) is 34.6. The average Bonchev–Trinajstić information content (AvgIpc) is 3.05. The lowest BCUT2D eigenvalue weighted by Crippen LogP contribution is -2.29. The summed E-state index contributed by atoms with van der Waals surface area (Å²) in [6.45, 7) is 3.57. The molecule has 10 heteroatoms. The Kier molecular flexibility index (Phi) is 32.4. The normalized spacial score (nSPS) is 14.0. The molecule has 0 fully saturated rings. The number of carbonyl (C=O) groups excluding carboxylic acids is 2. The fraction of sp³-hybridized carbons (Fsp3) is 0.730. The highest BCUT2D eigenvalue weighted by Crippen LogP contribution is 2.43. The summed E-state index contributed by atoms with van der Waals surface area (Å²) in [5.41, 5.74) is 5.32. The van der Waals surface area contributed by atoms with Gasteiger partial charge in [-0.3, -0.25) is 18.6 Å². The molecule has 0 aromatic rings. The molecule has 47 heavy (non-hydrogen) atoms. The van der Waals surface area contributed by atoms with E-state index >= 15 is 0 Å². The molecule has 3 N–H and O–H groups in total. The van der Waals surface area contributed by atoms with Crippen molar-refractivity contribution in [3.8, 4) is 0 Å². The van der Waals surface area contributed by atoms with Crippen LogP contribution in [0.1, 0.15) is 142 Å². The second-order valence-corrected chi connectivity index (χ2v) is 13.2. The van der Waals surface area contributed by atoms with E-state index < -0.39 is 32.5 Å². The van der Waals surface area contributed by atoms with Gasteiger partial charge in [-0.2, -0.15) is 0 Å². The molecule has 0 aliphatic heterocycles. The van der Waals surface area contributed by atoms with Crippen LogP contribution in [0.3, 0.4) is 0 Å². The number of unbranched alkanes of at least 4 members (excludes halogenated alkanes) is 12. The van der Waals surface area contributed by atoms with Crippen molar-refractivity contribution in [3.63, 3.8) is 0 Å². The maximum absolute atomic E-state index is 12.5. The van der Waals surface area contributed by atoms with E-state index in [1.54, 1.807) is 0 Å². The van der Waals surface area contributed by atoms with E-state index in [4.69, 9.17) is 24.3 Å². The van der Waals surface area contributed by atoms with Crippen LogP contribution in [0.4, 0.5) is 0 Å². The first kappa shape index (κ1) is 45.0. The van der Waals surface area contributed by atoms with Crippen molar-refractivity contribution in [1.29, 1.82) is 0 Å². The molecule has 9 nitrogen and oxygen atoms in total. The smallest absolute Gasteiger partial charge is 0.462 e. The molecule has 2 atom stereocenters. The van der Waals surface area contributed by atoms with Crippen LogP contribution in [-0.4, -0.2) is 49.3 Å². The van der Waals surface area contributed by atoms with Crippen LogP contribution in [0.2, 0.25) is 0 Å². The number of hydrogen-bond acceptors (Lipinski definition) is 8. The van der Waals surface area contributed by atoms with Crippen molar-refractivity contribution in [2.45, 2.75) is 148 Å². The molecule has 272 valence electrons. The number of allylic oxidation sites excluding steroid dienone is 8. The van der Waals surface area contributed by atoms with Crippen molar-refractivity contribution >= 4 is 19.8 Å². The Labute approximate surface area is 286 Å². The summed E-state index contributed by atoms with van der Waals surface area (Å²) in [5.74, 6) is -0.892. The number of carbonyl (C=O) groups is 2. The van der Waals surface area contributed by atoms with Gasteiger partial charge in [0.2, 0.25) is 0 Å². The molecular formula is C37H66NO8P. The SMILES string of the molecule is CCCCC=CCCCCCCCC(=O)OCC(COP(=O)(O)OCCN)OC(=O)CCCCC=CCC=CCC=CCCCCC. The molecule has 0 heterocycles. The fourth-order valence-corrected chi connectivity index (χ4v) is 5.21. The maximum atomic E-state index is 12.5. The second-order valence-electron chi connectivity index (χ2n) is 11.7. The highest BCUT2D eigenvalue weighted by molar-refractivity contribution is 7.47. The van der Waals surface area contributed by atoms with E-state index in [0.29, 0.717) is 12.8 Å². The minimum Gasteiger partial charge on any atom is -0.462 e. The van der Waals surface area contributed by atoms with Crippen LogP contribution in [0.15, 0.2) is 48.6 Å². The van der Waals surface area contributed by atoms with Crippen LogP contribution < -0.4 is 5.73 Å². The van der Waals surface area contributed by atoms with E-state index in [2.05, 4.69) is 62.5 Å². The first-order valence-electron chi connectivity index (χ1n) is 18.1. The second kappa shape index (κ2) is 33.9. The van der Waals surface area contributed by atoms with Crippen LogP contribution in [0, 0.1) is 0 Å². The lowest BCUT2D eigenvalue weighted by molar-refractivity contribution is -0.161. The Morgan fingerprint density at radius 2 is 1.13 bits per heavy atom. The van der Waals surface area contributed by atoms with Gasteiger partial charge in [-0.05, 0) is 70.6 Å². The molecular weight excluding hydrogens is 617 g/mol. The van der Waals surface area contributed by atoms with Crippen molar-refractivity contribution in [2.75, 3.05) is 26.4 Å². The van der Waals surface area contributed by atoms with E-state index in [9.17, 15) is 19.0 Å². The quantitative estimate of drug-likeness (QED) is 0.0300. The Balaban J connectivity index is 4.36. The average molecular weight is 684 g/mol. The van der Waals surface area contributed by atoms with Gasteiger partial charge in [0, 0.05) is 19.4 Å². The number of nitrogens with two attached hydrogens (primary N) is 1. The molecule has 0 saturated heterocycles. The summed E-state index contributed by atoms with van der Waals surface area (Å²) in [6, 6.07) is 0. The van der Waals surface area contributed by atoms with Crippen LogP contribution in [0.25, 0.3) is 0 Å². The third kappa shape index (κ3) is 33.7. The molecule has 0 saturated carbocycles. The zero-order valence-electron chi connectivity index (χ0n) is 29.5. The summed E-state index contributed by atoms with van der Waals surface area (Å²) in [5, 5.41) is 0. The van der Waals surface area contributed by atoms with Crippen molar-refractivity contribution in [2.24, 2.45) is 5.73 Å². The van der Waals surface area contributed by atoms with Crippen LogP contribution >= 0.6 is 7.82 Å². The molecule has 0 aromatic carbocycles. The van der Waals surface area contributed by atoms with Gasteiger partial charge in [0.25, 0.3) is 0 Å². The Morgan fingerprint density at radius 1 is 0.638 bits per heavy atom. The zero-order chi connectivity index (χ0) is 34.7. The first-order valence-corrected chi connectivity index (χ1v) is 19.6. The third-order valence-electron chi connectivity index (χ3n) is 7.19. The van der Waals surface area contributed by atoms with Gasteiger partial charge in [0.15, 0.2) is 6.10 Å². The molecule has 0 aliphatic carbocycles. The Morgan fingerprint density at radius 3 is 1.77 bits per heavy atom. The Bertz CT molecular complexity index is 918. The topological polar surface area (TPSA) is 134 Å². The number of rotatable bonds is 33. The molecule has 0 radical (unpaired) electrons. The van der Waals surface area contributed by atoms with Gasteiger partial charge >= 0.3 is 19.8 Å². The van der Waals surface area contributed by atoms with Crippen LogP contribution in [-0.2, 0) is 32.7 Å².